The van der Waals surface area contributed by atoms with Gasteiger partial charge in [-0.2, -0.15) is 0 Å². The first-order valence-electron chi connectivity index (χ1n) is 13.9. The maximum atomic E-state index is 13.1. The molecule has 1 aliphatic heterocycles. The Morgan fingerprint density at radius 3 is 1.45 bits per heavy atom. The number of carbonyl (C=O) groups is 3. The van der Waals surface area contributed by atoms with Crippen LogP contribution in [0.3, 0.4) is 0 Å². The van der Waals surface area contributed by atoms with Crippen LogP contribution in [-0.2, 0) is 19.9 Å². The second-order valence-corrected chi connectivity index (χ2v) is 10.00. The van der Waals surface area contributed by atoms with Gasteiger partial charge in [-0.05, 0) is 53.6 Å². The number of hydrogen-bond acceptors (Lipinski definition) is 6. The summed E-state index contributed by atoms with van der Waals surface area (Å²) in [6.45, 7) is 0. The molecule has 214 valence electrons. The molecule has 0 radical (unpaired) electrons. The number of carbonyl (C=O) groups excluding carboxylic acids is 3. The van der Waals surface area contributed by atoms with Crippen molar-refractivity contribution in [1.29, 1.82) is 0 Å². The van der Waals surface area contributed by atoms with Gasteiger partial charge < -0.3 is 14.2 Å². The molecule has 0 spiro atoms. The molecule has 1 aliphatic rings. The van der Waals surface area contributed by atoms with Gasteiger partial charge in [0, 0.05) is 28.8 Å². The van der Waals surface area contributed by atoms with Crippen LogP contribution < -0.4 is 9.47 Å². The van der Waals surface area contributed by atoms with Crippen molar-refractivity contribution in [1.82, 2.24) is 0 Å². The van der Waals surface area contributed by atoms with Crippen molar-refractivity contribution in [2.75, 3.05) is 0 Å². The Labute approximate surface area is 254 Å². The average molecular weight is 579 g/mol. The summed E-state index contributed by atoms with van der Waals surface area (Å²) in [6, 6.07) is 39.8. The van der Waals surface area contributed by atoms with Crippen LogP contribution in [0.25, 0.3) is 12.2 Å². The molecule has 0 atom stereocenters. The Morgan fingerprint density at radius 1 is 0.545 bits per heavy atom. The molecule has 0 aliphatic carbocycles. The Hall–Kier alpha value is -6.01. The predicted octanol–water partition coefficient (Wildman–Crippen LogP) is 7.39. The maximum absolute atomic E-state index is 13.1. The quantitative estimate of drug-likeness (QED) is 0.109. The number of ether oxygens (including phenoxy) is 3. The Morgan fingerprint density at radius 2 is 0.977 bits per heavy atom. The monoisotopic (exact) mass is 578 g/mol. The van der Waals surface area contributed by atoms with Crippen molar-refractivity contribution in [3.63, 3.8) is 0 Å². The number of hydrogen-bond donors (Lipinski definition) is 0. The van der Waals surface area contributed by atoms with Crippen LogP contribution in [0.4, 0.5) is 0 Å². The SMILES string of the molecule is O=C(C=Cc1ccccc1)Oc1ccc(C2(c3ccc(OC(=O)C=Cc4ccccc4)cc3)OC(=O)c3ccccc32)cc1. The van der Waals surface area contributed by atoms with Gasteiger partial charge in [-0.25, -0.2) is 14.4 Å². The zero-order valence-corrected chi connectivity index (χ0v) is 23.5. The van der Waals surface area contributed by atoms with Gasteiger partial charge in [0.15, 0.2) is 5.60 Å². The predicted molar refractivity (Wildman–Crippen MR) is 167 cm³/mol. The zero-order valence-electron chi connectivity index (χ0n) is 23.5. The van der Waals surface area contributed by atoms with E-state index >= 15 is 0 Å². The average Bonchev–Trinajstić information content (AvgIpc) is 3.37. The van der Waals surface area contributed by atoms with Crippen LogP contribution in [-0.4, -0.2) is 17.9 Å². The van der Waals surface area contributed by atoms with Gasteiger partial charge in [0.25, 0.3) is 0 Å². The van der Waals surface area contributed by atoms with Gasteiger partial charge >= 0.3 is 17.9 Å². The first kappa shape index (κ1) is 28.1. The number of esters is 3. The van der Waals surface area contributed by atoms with E-state index in [9.17, 15) is 14.4 Å². The first-order valence-corrected chi connectivity index (χ1v) is 13.9. The molecule has 1 heterocycles. The minimum atomic E-state index is -1.26. The van der Waals surface area contributed by atoms with E-state index in [2.05, 4.69) is 0 Å². The second kappa shape index (κ2) is 12.5. The fourth-order valence-corrected chi connectivity index (χ4v) is 5.09. The lowest BCUT2D eigenvalue weighted by Crippen LogP contribution is -2.29. The molecule has 44 heavy (non-hydrogen) atoms. The summed E-state index contributed by atoms with van der Waals surface area (Å²) in [5.74, 6) is -0.802. The van der Waals surface area contributed by atoms with E-state index in [1.54, 1.807) is 72.8 Å². The van der Waals surface area contributed by atoms with E-state index in [-0.39, 0.29) is 0 Å². The number of rotatable bonds is 8. The molecule has 0 unspecified atom stereocenters. The molecule has 0 aromatic heterocycles. The molecule has 0 bridgehead atoms. The fraction of sp³-hybridized carbons (Fsp3) is 0.0263. The summed E-state index contributed by atoms with van der Waals surface area (Å²) in [5.41, 5.74) is 2.95. The number of benzene rings is 5. The van der Waals surface area contributed by atoms with Gasteiger partial charge in [0.1, 0.15) is 11.5 Å². The standard InChI is InChI=1S/C38H26O6/c39-35(25-15-27-9-3-1-4-10-27)42-31-21-17-29(18-22-31)38(34-14-8-7-13-33(34)37(41)44-38)30-19-23-32(24-20-30)43-36(40)26-16-28-11-5-2-6-12-28/h1-26H. The van der Waals surface area contributed by atoms with E-state index in [0.717, 1.165) is 11.1 Å². The fourth-order valence-electron chi connectivity index (χ4n) is 5.09. The molecule has 0 saturated carbocycles. The summed E-state index contributed by atoms with van der Waals surface area (Å²) in [6.07, 6.45) is 6.10. The summed E-state index contributed by atoms with van der Waals surface area (Å²) < 4.78 is 17.1. The Kier molecular flexibility index (Phi) is 7.97. The molecule has 5 aromatic carbocycles. The van der Waals surface area contributed by atoms with Crippen molar-refractivity contribution < 1.29 is 28.6 Å². The third-order valence-electron chi connectivity index (χ3n) is 7.15. The smallest absolute Gasteiger partial charge is 0.340 e. The van der Waals surface area contributed by atoms with E-state index in [1.165, 1.54) is 12.2 Å². The van der Waals surface area contributed by atoms with Gasteiger partial charge in [-0.3, -0.25) is 0 Å². The van der Waals surface area contributed by atoms with Crippen LogP contribution in [0.2, 0.25) is 0 Å². The van der Waals surface area contributed by atoms with Gasteiger partial charge in [-0.15, -0.1) is 0 Å². The van der Waals surface area contributed by atoms with Crippen molar-refractivity contribution in [2.45, 2.75) is 5.60 Å². The summed E-state index contributed by atoms with van der Waals surface area (Å²) in [5, 5.41) is 0. The van der Waals surface area contributed by atoms with Crippen molar-refractivity contribution in [3.05, 3.63) is 179 Å². The molecule has 0 amide bonds. The summed E-state index contributed by atoms with van der Waals surface area (Å²) >= 11 is 0. The highest BCUT2D eigenvalue weighted by atomic mass is 16.6. The minimum absolute atomic E-state index is 0.343. The van der Waals surface area contributed by atoms with Gasteiger partial charge in [0.05, 0.1) is 5.56 Å². The largest absolute Gasteiger partial charge is 0.441 e. The third-order valence-corrected chi connectivity index (χ3v) is 7.15. The molecule has 0 saturated heterocycles. The van der Waals surface area contributed by atoms with Crippen LogP contribution in [0, 0.1) is 0 Å². The molecule has 6 rings (SSSR count). The van der Waals surface area contributed by atoms with Gasteiger partial charge in [-0.1, -0.05) is 103 Å². The second-order valence-electron chi connectivity index (χ2n) is 10.00. The van der Waals surface area contributed by atoms with Crippen molar-refractivity contribution in [2.24, 2.45) is 0 Å². The zero-order chi connectivity index (χ0) is 30.4. The molecular weight excluding hydrogens is 552 g/mol. The van der Waals surface area contributed by atoms with Crippen molar-refractivity contribution >= 4 is 30.1 Å². The minimum Gasteiger partial charge on any atom is -0.441 e. The normalized spacial score (nSPS) is 15.6. The van der Waals surface area contributed by atoms with E-state index < -0.39 is 23.5 Å². The van der Waals surface area contributed by atoms with Crippen LogP contribution in [0.15, 0.2) is 146 Å². The molecule has 6 nitrogen and oxygen atoms in total. The van der Waals surface area contributed by atoms with Gasteiger partial charge in [0.2, 0.25) is 0 Å². The summed E-state index contributed by atoms with van der Waals surface area (Å²) in [4.78, 5) is 37.9. The third kappa shape index (κ3) is 5.96. The van der Waals surface area contributed by atoms with E-state index in [0.29, 0.717) is 33.8 Å². The molecule has 0 N–H and O–H groups in total. The number of cyclic esters (lactones) is 1. The lowest BCUT2D eigenvalue weighted by atomic mass is 9.80. The molecule has 5 aromatic rings. The highest BCUT2D eigenvalue weighted by molar-refractivity contribution is 5.96. The highest BCUT2D eigenvalue weighted by Crippen LogP contribution is 2.47. The van der Waals surface area contributed by atoms with E-state index in [1.807, 2.05) is 72.8 Å². The lowest BCUT2D eigenvalue weighted by molar-refractivity contribution is -0.129. The molecule has 6 heteroatoms. The van der Waals surface area contributed by atoms with Crippen LogP contribution >= 0.6 is 0 Å². The van der Waals surface area contributed by atoms with Crippen LogP contribution in [0.1, 0.15) is 38.2 Å². The molecule has 0 fully saturated rings. The topological polar surface area (TPSA) is 78.9 Å². The van der Waals surface area contributed by atoms with Crippen LogP contribution in [0.5, 0.6) is 11.5 Å². The summed E-state index contributed by atoms with van der Waals surface area (Å²) in [7, 11) is 0. The first-order chi connectivity index (χ1) is 21.5. The Balaban J connectivity index is 1.25. The van der Waals surface area contributed by atoms with E-state index in [4.69, 9.17) is 14.2 Å². The Bertz CT molecular complexity index is 1750. The lowest BCUT2D eigenvalue weighted by Gasteiger charge is -2.30. The number of fused-ring (bicyclic) bond motifs is 1. The highest BCUT2D eigenvalue weighted by Gasteiger charge is 2.48. The molecular formula is C38H26O6. The maximum Gasteiger partial charge on any atom is 0.340 e. The van der Waals surface area contributed by atoms with Crippen molar-refractivity contribution in [3.8, 4) is 11.5 Å².